The molecule has 0 bridgehead atoms. The van der Waals surface area contributed by atoms with E-state index in [9.17, 15) is 4.79 Å². The Hall–Kier alpha value is -3.18. The van der Waals surface area contributed by atoms with E-state index >= 15 is 0 Å². The first-order chi connectivity index (χ1) is 17.9. The lowest BCUT2D eigenvalue weighted by Gasteiger charge is -2.19. The van der Waals surface area contributed by atoms with E-state index in [4.69, 9.17) is 18.9 Å². The number of nitrogens with one attached hydrogen (secondary N) is 2. The van der Waals surface area contributed by atoms with E-state index in [1.165, 1.54) is 0 Å². The number of rotatable bonds is 15. The third-order valence-corrected chi connectivity index (χ3v) is 5.88. The van der Waals surface area contributed by atoms with Gasteiger partial charge in [0.1, 0.15) is 17.3 Å². The number of hydrogen-bond donors (Lipinski definition) is 2. The molecule has 0 atom stereocenters. The number of aromatic nitrogens is 2. The summed E-state index contributed by atoms with van der Waals surface area (Å²) in [7, 11) is 10.9. The lowest BCUT2D eigenvalue weighted by atomic mass is 9.98. The number of fused-ring (bicyclic) bond motifs is 1. The van der Waals surface area contributed by atoms with Crippen LogP contribution in [0.2, 0.25) is 0 Å². The Bertz CT molecular complexity index is 1200. The number of nitrogens with zero attached hydrogens (tertiary/aromatic N) is 3. The highest BCUT2D eigenvalue weighted by molar-refractivity contribution is 5.97. The van der Waals surface area contributed by atoms with Crippen molar-refractivity contribution >= 4 is 16.6 Å². The van der Waals surface area contributed by atoms with E-state index in [2.05, 4.69) is 20.5 Å². The van der Waals surface area contributed by atoms with Gasteiger partial charge in [-0.15, -0.1) is 0 Å². The van der Waals surface area contributed by atoms with Gasteiger partial charge >= 0.3 is 0 Å². The van der Waals surface area contributed by atoms with Gasteiger partial charge in [-0.1, -0.05) is 0 Å². The van der Waals surface area contributed by atoms with Crippen LogP contribution >= 0.6 is 0 Å². The summed E-state index contributed by atoms with van der Waals surface area (Å²) in [6.07, 6.45) is 3.46. The molecule has 0 saturated carbocycles. The summed E-state index contributed by atoms with van der Waals surface area (Å²) in [4.78, 5) is 19.4. The maximum absolute atomic E-state index is 12.9. The zero-order chi connectivity index (χ0) is 26.8. The molecule has 0 aliphatic heterocycles. The highest BCUT2D eigenvalue weighted by atomic mass is 16.5. The lowest BCUT2D eigenvalue weighted by molar-refractivity contribution is 0.0532. The molecule has 0 saturated heterocycles. The number of likely N-dealkylation sites (N-methyl/N-ethyl adjacent to an activating group) is 1. The molecule has 2 heterocycles. The summed E-state index contributed by atoms with van der Waals surface area (Å²) in [6.45, 7) is 4.34. The van der Waals surface area contributed by atoms with Gasteiger partial charge in [-0.25, -0.2) is 4.98 Å². The normalized spacial score (nSPS) is 11.3. The van der Waals surface area contributed by atoms with E-state index < -0.39 is 0 Å². The second-order valence-electron chi connectivity index (χ2n) is 8.93. The van der Waals surface area contributed by atoms with E-state index in [0.717, 1.165) is 40.1 Å². The topological polar surface area (TPSA) is 99.1 Å². The average molecular weight is 514 g/mol. The fourth-order valence-corrected chi connectivity index (χ4v) is 4.05. The van der Waals surface area contributed by atoms with Gasteiger partial charge in [-0.2, -0.15) is 0 Å². The van der Waals surface area contributed by atoms with Gasteiger partial charge in [0.2, 0.25) is 0 Å². The maximum Gasteiger partial charge on any atom is 0.259 e. The number of aryl methyl sites for hydroxylation is 1. The minimum absolute atomic E-state index is 0.109. The van der Waals surface area contributed by atoms with Gasteiger partial charge in [-0.3, -0.25) is 4.79 Å². The van der Waals surface area contributed by atoms with Crippen LogP contribution in [0.5, 0.6) is 11.5 Å². The first-order valence-electron chi connectivity index (χ1n) is 12.3. The molecule has 3 rings (SSSR count). The molecular weight excluding hydrogens is 474 g/mol. The zero-order valence-electron chi connectivity index (χ0n) is 22.7. The van der Waals surface area contributed by atoms with E-state index in [-0.39, 0.29) is 5.56 Å². The smallest absolute Gasteiger partial charge is 0.259 e. The molecule has 3 aromatic rings. The van der Waals surface area contributed by atoms with Crippen molar-refractivity contribution in [2.24, 2.45) is 7.05 Å². The Kier molecular flexibility index (Phi) is 10.7. The molecule has 37 heavy (non-hydrogen) atoms. The molecule has 10 heteroatoms. The largest absolute Gasteiger partial charge is 0.496 e. The number of ether oxygens (including phenoxy) is 4. The molecule has 2 aromatic heterocycles. The molecular formula is C27H39N5O5. The average Bonchev–Trinajstić information content (AvgIpc) is 2.89. The van der Waals surface area contributed by atoms with Gasteiger partial charge < -0.3 is 39.0 Å². The number of pyridine rings is 2. The van der Waals surface area contributed by atoms with Crippen LogP contribution in [0.3, 0.4) is 0 Å². The SMILES string of the molecule is CNCCOCCOCCNc1cc2c(-c3cc(OC)c(CN(C)C)c(OC)c3)cn(C)c(=O)c2cn1. The summed E-state index contributed by atoms with van der Waals surface area (Å²) in [5.41, 5.74) is 2.62. The Balaban J connectivity index is 1.86. The van der Waals surface area contributed by atoms with Crippen molar-refractivity contribution in [3.05, 3.63) is 46.5 Å². The van der Waals surface area contributed by atoms with Crippen LogP contribution in [0, 0.1) is 0 Å². The molecule has 202 valence electrons. The Labute approximate surface area is 218 Å². The third kappa shape index (κ3) is 7.42. The first-order valence-corrected chi connectivity index (χ1v) is 12.3. The Morgan fingerprint density at radius 2 is 1.59 bits per heavy atom. The predicted molar refractivity (Wildman–Crippen MR) is 147 cm³/mol. The number of anilines is 1. The van der Waals surface area contributed by atoms with Crippen LogP contribution in [0.15, 0.2) is 35.4 Å². The summed E-state index contributed by atoms with van der Waals surface area (Å²) >= 11 is 0. The summed E-state index contributed by atoms with van der Waals surface area (Å²) in [5.74, 6) is 2.12. The van der Waals surface area contributed by atoms with E-state index in [0.29, 0.717) is 50.7 Å². The van der Waals surface area contributed by atoms with Crippen LogP contribution in [-0.4, -0.2) is 89.3 Å². The van der Waals surface area contributed by atoms with Crippen LogP contribution in [0.25, 0.3) is 21.9 Å². The molecule has 0 spiro atoms. The highest BCUT2D eigenvalue weighted by Gasteiger charge is 2.17. The second kappa shape index (κ2) is 13.9. The van der Waals surface area contributed by atoms with E-state index in [1.807, 2.05) is 45.5 Å². The third-order valence-electron chi connectivity index (χ3n) is 5.88. The van der Waals surface area contributed by atoms with Crippen molar-refractivity contribution in [2.45, 2.75) is 6.54 Å². The molecule has 0 unspecified atom stereocenters. The zero-order valence-corrected chi connectivity index (χ0v) is 22.7. The van der Waals surface area contributed by atoms with Gasteiger partial charge in [0.15, 0.2) is 0 Å². The van der Waals surface area contributed by atoms with Gasteiger partial charge in [0, 0.05) is 50.0 Å². The number of benzene rings is 1. The predicted octanol–water partition coefficient (Wildman–Crippen LogP) is 2.34. The minimum Gasteiger partial charge on any atom is -0.496 e. The molecule has 0 aliphatic carbocycles. The van der Waals surface area contributed by atoms with Crippen molar-refractivity contribution in [1.29, 1.82) is 0 Å². The second-order valence-corrected chi connectivity index (χ2v) is 8.93. The van der Waals surface area contributed by atoms with Crippen molar-refractivity contribution in [2.75, 3.05) is 80.2 Å². The van der Waals surface area contributed by atoms with Crippen molar-refractivity contribution in [3.63, 3.8) is 0 Å². The van der Waals surface area contributed by atoms with Crippen LogP contribution in [0.4, 0.5) is 5.82 Å². The quantitative estimate of drug-likeness (QED) is 0.297. The first kappa shape index (κ1) is 28.4. The highest BCUT2D eigenvalue weighted by Crippen LogP contribution is 2.37. The molecule has 2 N–H and O–H groups in total. The van der Waals surface area contributed by atoms with Crippen LogP contribution < -0.4 is 25.7 Å². The summed E-state index contributed by atoms with van der Waals surface area (Å²) in [5, 5.41) is 7.65. The maximum atomic E-state index is 12.9. The monoisotopic (exact) mass is 513 g/mol. The van der Waals surface area contributed by atoms with Crippen molar-refractivity contribution in [3.8, 4) is 22.6 Å². The summed E-state index contributed by atoms with van der Waals surface area (Å²) in [6, 6.07) is 5.88. The summed E-state index contributed by atoms with van der Waals surface area (Å²) < 4.78 is 24.1. The minimum atomic E-state index is -0.109. The molecule has 0 radical (unpaired) electrons. The van der Waals surface area contributed by atoms with Crippen molar-refractivity contribution in [1.82, 2.24) is 19.8 Å². The Morgan fingerprint density at radius 1 is 0.946 bits per heavy atom. The molecule has 1 aromatic carbocycles. The van der Waals surface area contributed by atoms with Gasteiger partial charge in [0.05, 0.1) is 51.6 Å². The van der Waals surface area contributed by atoms with Gasteiger partial charge in [-0.05, 0) is 44.9 Å². The fourth-order valence-electron chi connectivity index (χ4n) is 4.05. The fraction of sp³-hybridized carbons (Fsp3) is 0.481. The standard InChI is InChI=1S/C27H39N5O5/c1-28-7-9-36-11-12-37-10-8-29-26-15-20-21(16-30-26)27(33)32(4)18-22(20)19-13-24(34-5)23(17-31(2)3)25(14-19)35-6/h13-16,18,28H,7-12,17H2,1-6H3,(H,29,30). The molecule has 0 aliphatic rings. The van der Waals surface area contributed by atoms with Crippen LogP contribution in [-0.2, 0) is 23.1 Å². The Morgan fingerprint density at radius 3 is 2.19 bits per heavy atom. The number of hydrogen-bond acceptors (Lipinski definition) is 9. The number of methoxy groups -OCH3 is 2. The molecule has 10 nitrogen and oxygen atoms in total. The van der Waals surface area contributed by atoms with Gasteiger partial charge in [0.25, 0.3) is 5.56 Å². The molecule has 0 amide bonds. The lowest BCUT2D eigenvalue weighted by Crippen LogP contribution is -2.18. The van der Waals surface area contributed by atoms with Crippen LogP contribution in [0.1, 0.15) is 5.56 Å². The molecule has 0 fully saturated rings. The van der Waals surface area contributed by atoms with E-state index in [1.54, 1.807) is 32.0 Å². The van der Waals surface area contributed by atoms with Crippen molar-refractivity contribution < 1.29 is 18.9 Å².